The Morgan fingerprint density at radius 2 is 2.00 bits per heavy atom. The standard InChI is InChI=1S/C14H24N4/c1-12-3-4-14(16-10-12)18-7-5-17(6-8-18)11-13(2)9-15/h3-4,10,13H,5-9,11,15H2,1-2H3. The van der Waals surface area contributed by atoms with Crippen LogP contribution in [-0.2, 0) is 0 Å². The monoisotopic (exact) mass is 248 g/mol. The van der Waals surface area contributed by atoms with E-state index in [9.17, 15) is 0 Å². The van der Waals surface area contributed by atoms with Crippen LogP contribution >= 0.6 is 0 Å². The summed E-state index contributed by atoms with van der Waals surface area (Å²) in [5.41, 5.74) is 6.89. The van der Waals surface area contributed by atoms with E-state index in [4.69, 9.17) is 5.73 Å². The van der Waals surface area contributed by atoms with Gasteiger partial charge in [0.2, 0.25) is 0 Å². The Morgan fingerprint density at radius 1 is 1.28 bits per heavy atom. The van der Waals surface area contributed by atoms with Crippen molar-refractivity contribution in [3.05, 3.63) is 23.9 Å². The van der Waals surface area contributed by atoms with Gasteiger partial charge in [0.05, 0.1) is 0 Å². The van der Waals surface area contributed by atoms with E-state index in [0.29, 0.717) is 5.92 Å². The number of anilines is 1. The highest BCUT2D eigenvalue weighted by Gasteiger charge is 2.18. The minimum atomic E-state index is 0.592. The second kappa shape index (κ2) is 6.16. The molecule has 4 heteroatoms. The Balaban J connectivity index is 1.84. The molecule has 18 heavy (non-hydrogen) atoms. The predicted octanol–water partition coefficient (Wildman–Crippen LogP) is 1.11. The lowest BCUT2D eigenvalue weighted by molar-refractivity contribution is 0.227. The van der Waals surface area contributed by atoms with Gasteiger partial charge in [-0.1, -0.05) is 13.0 Å². The van der Waals surface area contributed by atoms with E-state index < -0.39 is 0 Å². The van der Waals surface area contributed by atoms with Crippen molar-refractivity contribution in [2.24, 2.45) is 11.7 Å². The zero-order valence-corrected chi connectivity index (χ0v) is 11.5. The van der Waals surface area contributed by atoms with Gasteiger partial charge in [-0.05, 0) is 31.0 Å². The molecule has 2 rings (SSSR count). The summed E-state index contributed by atoms with van der Waals surface area (Å²) in [6.45, 7) is 10.5. The third-order valence-corrected chi connectivity index (χ3v) is 3.56. The molecular weight excluding hydrogens is 224 g/mol. The minimum absolute atomic E-state index is 0.592. The van der Waals surface area contributed by atoms with Gasteiger partial charge >= 0.3 is 0 Å². The van der Waals surface area contributed by atoms with Gasteiger partial charge in [0.15, 0.2) is 0 Å². The van der Waals surface area contributed by atoms with Crippen LogP contribution in [0.5, 0.6) is 0 Å². The summed E-state index contributed by atoms with van der Waals surface area (Å²) >= 11 is 0. The maximum absolute atomic E-state index is 5.67. The minimum Gasteiger partial charge on any atom is -0.354 e. The van der Waals surface area contributed by atoms with E-state index in [1.54, 1.807) is 0 Å². The zero-order valence-electron chi connectivity index (χ0n) is 11.5. The largest absolute Gasteiger partial charge is 0.354 e. The van der Waals surface area contributed by atoms with Crippen LogP contribution in [0.2, 0.25) is 0 Å². The van der Waals surface area contributed by atoms with Crippen molar-refractivity contribution in [1.29, 1.82) is 0 Å². The summed E-state index contributed by atoms with van der Waals surface area (Å²) in [7, 11) is 0. The summed E-state index contributed by atoms with van der Waals surface area (Å²) in [6.07, 6.45) is 1.94. The van der Waals surface area contributed by atoms with Crippen molar-refractivity contribution in [3.63, 3.8) is 0 Å². The molecule has 0 saturated carbocycles. The number of piperazine rings is 1. The van der Waals surface area contributed by atoms with Gasteiger partial charge in [0, 0.05) is 38.9 Å². The van der Waals surface area contributed by atoms with Crippen LogP contribution in [0.4, 0.5) is 5.82 Å². The van der Waals surface area contributed by atoms with Crippen molar-refractivity contribution < 1.29 is 0 Å². The summed E-state index contributed by atoms with van der Waals surface area (Å²) in [6, 6.07) is 4.25. The highest BCUT2D eigenvalue weighted by atomic mass is 15.3. The molecule has 4 nitrogen and oxygen atoms in total. The topological polar surface area (TPSA) is 45.4 Å². The van der Waals surface area contributed by atoms with Crippen LogP contribution in [0.3, 0.4) is 0 Å². The molecule has 1 saturated heterocycles. The molecule has 1 aliphatic heterocycles. The van der Waals surface area contributed by atoms with Gasteiger partial charge in [0.25, 0.3) is 0 Å². The van der Waals surface area contributed by atoms with Crippen LogP contribution in [0, 0.1) is 12.8 Å². The van der Waals surface area contributed by atoms with Crippen LogP contribution in [0.1, 0.15) is 12.5 Å². The number of aromatic nitrogens is 1. The van der Waals surface area contributed by atoms with Crippen LogP contribution in [0.15, 0.2) is 18.3 Å². The Bertz CT molecular complexity index is 355. The van der Waals surface area contributed by atoms with Gasteiger partial charge in [-0.3, -0.25) is 4.90 Å². The van der Waals surface area contributed by atoms with E-state index in [-0.39, 0.29) is 0 Å². The van der Waals surface area contributed by atoms with E-state index in [1.807, 2.05) is 6.20 Å². The average molecular weight is 248 g/mol. The fourth-order valence-corrected chi connectivity index (χ4v) is 2.32. The highest BCUT2D eigenvalue weighted by molar-refractivity contribution is 5.39. The molecule has 2 N–H and O–H groups in total. The summed E-state index contributed by atoms with van der Waals surface area (Å²) in [5, 5.41) is 0. The van der Waals surface area contributed by atoms with Crippen LogP contribution in [-0.4, -0.2) is 49.2 Å². The fourth-order valence-electron chi connectivity index (χ4n) is 2.32. The van der Waals surface area contributed by atoms with Crippen molar-refractivity contribution in [2.45, 2.75) is 13.8 Å². The first-order valence-corrected chi connectivity index (χ1v) is 6.79. The molecule has 1 atom stereocenters. The number of aryl methyl sites for hydroxylation is 1. The average Bonchev–Trinajstić information content (AvgIpc) is 2.40. The number of hydrogen-bond donors (Lipinski definition) is 1. The van der Waals surface area contributed by atoms with Crippen molar-refractivity contribution in [3.8, 4) is 0 Å². The number of pyridine rings is 1. The first-order valence-electron chi connectivity index (χ1n) is 6.79. The molecule has 0 bridgehead atoms. The van der Waals surface area contributed by atoms with E-state index >= 15 is 0 Å². The lowest BCUT2D eigenvalue weighted by Gasteiger charge is -2.36. The van der Waals surface area contributed by atoms with Gasteiger partial charge in [0.1, 0.15) is 5.82 Å². The summed E-state index contributed by atoms with van der Waals surface area (Å²) in [4.78, 5) is 9.36. The molecule has 1 fully saturated rings. The molecule has 0 aliphatic carbocycles. The van der Waals surface area contributed by atoms with Crippen molar-refractivity contribution in [1.82, 2.24) is 9.88 Å². The van der Waals surface area contributed by atoms with E-state index in [1.165, 1.54) is 5.56 Å². The first-order chi connectivity index (χ1) is 8.69. The van der Waals surface area contributed by atoms with Gasteiger partial charge in [-0.15, -0.1) is 0 Å². The molecule has 1 aromatic rings. The lowest BCUT2D eigenvalue weighted by Crippen LogP contribution is -2.48. The Hall–Kier alpha value is -1.13. The Kier molecular flexibility index (Phi) is 4.55. The number of nitrogens with zero attached hydrogens (tertiary/aromatic N) is 3. The highest BCUT2D eigenvalue weighted by Crippen LogP contribution is 2.14. The van der Waals surface area contributed by atoms with E-state index in [2.05, 4.69) is 40.8 Å². The second-order valence-electron chi connectivity index (χ2n) is 5.32. The van der Waals surface area contributed by atoms with Crippen molar-refractivity contribution in [2.75, 3.05) is 44.2 Å². The number of hydrogen-bond acceptors (Lipinski definition) is 4. The van der Waals surface area contributed by atoms with Gasteiger partial charge in [-0.2, -0.15) is 0 Å². The third-order valence-electron chi connectivity index (χ3n) is 3.56. The molecule has 0 radical (unpaired) electrons. The molecule has 0 aromatic carbocycles. The fraction of sp³-hybridized carbons (Fsp3) is 0.643. The summed E-state index contributed by atoms with van der Waals surface area (Å²) in [5.74, 6) is 1.70. The molecule has 2 heterocycles. The molecular formula is C14H24N4. The predicted molar refractivity (Wildman–Crippen MR) is 75.8 cm³/mol. The maximum atomic E-state index is 5.67. The van der Waals surface area contributed by atoms with Crippen LogP contribution in [0.25, 0.3) is 0 Å². The molecule has 0 amide bonds. The molecule has 100 valence electrons. The molecule has 1 unspecified atom stereocenters. The normalized spacial score (nSPS) is 18.9. The molecule has 1 aliphatic rings. The maximum Gasteiger partial charge on any atom is 0.128 e. The van der Waals surface area contributed by atoms with Gasteiger partial charge < -0.3 is 10.6 Å². The quantitative estimate of drug-likeness (QED) is 0.867. The van der Waals surface area contributed by atoms with Gasteiger partial charge in [-0.25, -0.2) is 4.98 Å². The number of nitrogens with two attached hydrogens (primary N) is 1. The second-order valence-corrected chi connectivity index (χ2v) is 5.32. The first kappa shape index (κ1) is 13.3. The Morgan fingerprint density at radius 3 is 2.56 bits per heavy atom. The summed E-state index contributed by atoms with van der Waals surface area (Å²) < 4.78 is 0. The van der Waals surface area contributed by atoms with Crippen LogP contribution < -0.4 is 10.6 Å². The smallest absolute Gasteiger partial charge is 0.128 e. The lowest BCUT2D eigenvalue weighted by atomic mass is 10.1. The van der Waals surface area contributed by atoms with E-state index in [0.717, 1.165) is 45.1 Å². The number of rotatable bonds is 4. The zero-order chi connectivity index (χ0) is 13.0. The molecule has 1 aromatic heterocycles. The third kappa shape index (κ3) is 3.43. The Labute approximate surface area is 110 Å². The molecule has 0 spiro atoms. The van der Waals surface area contributed by atoms with Crippen molar-refractivity contribution >= 4 is 5.82 Å². The SMILES string of the molecule is Cc1ccc(N2CCN(CC(C)CN)CC2)nc1.